The van der Waals surface area contributed by atoms with Gasteiger partial charge < -0.3 is 20.3 Å². The Morgan fingerprint density at radius 2 is 1.95 bits per heavy atom. The summed E-state index contributed by atoms with van der Waals surface area (Å²) in [4.78, 5) is 35.8. The van der Waals surface area contributed by atoms with E-state index in [1.165, 1.54) is 10.6 Å². The number of nitrogens with two attached hydrogens (primary N) is 1. The van der Waals surface area contributed by atoms with Crippen LogP contribution in [0.4, 0.5) is 0 Å². The average molecular weight is 279 g/mol. The monoisotopic (exact) mass is 279 g/mol. The van der Waals surface area contributed by atoms with Crippen molar-refractivity contribution >= 4 is 17.8 Å². The van der Waals surface area contributed by atoms with Gasteiger partial charge in [-0.25, -0.2) is 4.79 Å². The average Bonchev–Trinajstić information content (AvgIpc) is 2.87. The molecule has 1 saturated heterocycles. The van der Waals surface area contributed by atoms with Gasteiger partial charge in [0.05, 0.1) is 0 Å². The molecule has 0 spiro atoms. The van der Waals surface area contributed by atoms with Gasteiger partial charge in [0.25, 0.3) is 0 Å². The van der Waals surface area contributed by atoms with E-state index in [2.05, 4.69) is 0 Å². The zero-order valence-electron chi connectivity index (χ0n) is 11.0. The summed E-state index contributed by atoms with van der Waals surface area (Å²) in [5.41, 5.74) is 5.33. The van der Waals surface area contributed by atoms with E-state index >= 15 is 0 Å². The molecule has 2 amide bonds. The van der Waals surface area contributed by atoms with Crippen LogP contribution in [-0.4, -0.2) is 45.4 Å². The zero-order valence-corrected chi connectivity index (χ0v) is 11.0. The Bertz CT molecular complexity index is 529. The van der Waals surface area contributed by atoms with E-state index < -0.39 is 5.97 Å². The summed E-state index contributed by atoms with van der Waals surface area (Å²) < 4.78 is 1.41. The van der Waals surface area contributed by atoms with Crippen molar-refractivity contribution in [1.82, 2.24) is 9.47 Å². The first-order valence-electron chi connectivity index (χ1n) is 6.44. The molecule has 0 saturated carbocycles. The van der Waals surface area contributed by atoms with E-state index in [-0.39, 0.29) is 30.0 Å². The van der Waals surface area contributed by atoms with Gasteiger partial charge in [-0.3, -0.25) is 9.59 Å². The number of carbonyl (C=O) groups excluding carboxylic acids is 2. The predicted molar refractivity (Wildman–Crippen MR) is 69.9 cm³/mol. The van der Waals surface area contributed by atoms with Crippen LogP contribution in [0.3, 0.4) is 0 Å². The topological polar surface area (TPSA) is 106 Å². The van der Waals surface area contributed by atoms with Crippen LogP contribution in [0.25, 0.3) is 0 Å². The maximum atomic E-state index is 12.1. The van der Waals surface area contributed by atoms with Crippen molar-refractivity contribution in [1.29, 1.82) is 0 Å². The van der Waals surface area contributed by atoms with Crippen LogP contribution in [0.15, 0.2) is 18.3 Å². The third-order valence-electron chi connectivity index (χ3n) is 3.60. The highest BCUT2D eigenvalue weighted by Crippen LogP contribution is 2.17. The SMILES string of the molecule is NC(=O)C1CCN(C(=O)Cn2cccc2C(=O)O)CC1. The highest BCUT2D eigenvalue weighted by molar-refractivity contribution is 5.87. The molecule has 0 aliphatic carbocycles. The van der Waals surface area contributed by atoms with Crippen molar-refractivity contribution in [2.45, 2.75) is 19.4 Å². The lowest BCUT2D eigenvalue weighted by atomic mass is 9.96. The number of primary amides is 1. The number of carbonyl (C=O) groups is 3. The van der Waals surface area contributed by atoms with E-state index in [1.54, 1.807) is 17.2 Å². The molecule has 2 rings (SSSR count). The molecule has 108 valence electrons. The first-order chi connectivity index (χ1) is 9.49. The fraction of sp³-hybridized carbons (Fsp3) is 0.462. The quantitative estimate of drug-likeness (QED) is 0.803. The van der Waals surface area contributed by atoms with Crippen molar-refractivity contribution in [3.05, 3.63) is 24.0 Å². The number of hydrogen-bond donors (Lipinski definition) is 2. The van der Waals surface area contributed by atoms with Crippen LogP contribution >= 0.6 is 0 Å². The van der Waals surface area contributed by atoms with Crippen molar-refractivity contribution in [2.75, 3.05) is 13.1 Å². The molecule has 1 aliphatic heterocycles. The lowest BCUT2D eigenvalue weighted by Gasteiger charge is -2.30. The molecule has 3 N–H and O–H groups in total. The third kappa shape index (κ3) is 2.98. The van der Waals surface area contributed by atoms with E-state index in [1.807, 2.05) is 0 Å². The van der Waals surface area contributed by atoms with Gasteiger partial charge in [-0.1, -0.05) is 0 Å². The standard InChI is InChI=1S/C13H17N3O4/c14-12(18)9-3-6-15(7-4-9)11(17)8-16-5-1-2-10(16)13(19)20/h1-2,5,9H,3-4,6-8H2,(H2,14,18)(H,19,20). The summed E-state index contributed by atoms with van der Waals surface area (Å²) in [6.45, 7) is 0.960. The van der Waals surface area contributed by atoms with Crippen LogP contribution in [0, 0.1) is 5.92 Å². The fourth-order valence-electron chi connectivity index (χ4n) is 2.41. The van der Waals surface area contributed by atoms with E-state index in [0.29, 0.717) is 25.9 Å². The van der Waals surface area contributed by atoms with Crippen molar-refractivity contribution < 1.29 is 19.5 Å². The van der Waals surface area contributed by atoms with Gasteiger partial charge in [-0.15, -0.1) is 0 Å². The van der Waals surface area contributed by atoms with Crippen molar-refractivity contribution in [3.8, 4) is 0 Å². The number of piperidine rings is 1. The van der Waals surface area contributed by atoms with Gasteiger partial charge in [0.2, 0.25) is 11.8 Å². The summed E-state index contributed by atoms with van der Waals surface area (Å²) in [7, 11) is 0. The Kier molecular flexibility index (Phi) is 4.07. The molecular weight excluding hydrogens is 262 g/mol. The molecule has 20 heavy (non-hydrogen) atoms. The molecule has 7 heteroatoms. The number of rotatable bonds is 4. The second-order valence-corrected chi connectivity index (χ2v) is 4.88. The number of nitrogens with zero attached hydrogens (tertiary/aromatic N) is 2. The summed E-state index contributed by atoms with van der Waals surface area (Å²) in [6, 6.07) is 3.05. The Morgan fingerprint density at radius 1 is 1.30 bits per heavy atom. The van der Waals surface area contributed by atoms with Crippen molar-refractivity contribution in [3.63, 3.8) is 0 Å². The normalized spacial score (nSPS) is 16.1. The van der Waals surface area contributed by atoms with E-state index in [0.717, 1.165) is 0 Å². The van der Waals surface area contributed by atoms with Gasteiger partial charge in [0.1, 0.15) is 12.2 Å². The maximum absolute atomic E-state index is 12.1. The summed E-state index contributed by atoms with van der Waals surface area (Å²) in [6.07, 6.45) is 2.70. The second-order valence-electron chi connectivity index (χ2n) is 4.88. The zero-order chi connectivity index (χ0) is 14.7. The maximum Gasteiger partial charge on any atom is 0.352 e. The Balaban J connectivity index is 1.94. The molecule has 7 nitrogen and oxygen atoms in total. The Labute approximate surface area is 116 Å². The van der Waals surface area contributed by atoms with Crippen LogP contribution in [0.1, 0.15) is 23.3 Å². The molecule has 0 unspecified atom stereocenters. The second kappa shape index (κ2) is 5.77. The lowest BCUT2D eigenvalue weighted by Crippen LogP contribution is -2.43. The molecule has 0 aromatic carbocycles. The van der Waals surface area contributed by atoms with Gasteiger partial charge in [-0.05, 0) is 25.0 Å². The highest BCUT2D eigenvalue weighted by atomic mass is 16.4. The molecule has 1 aromatic heterocycles. The summed E-state index contributed by atoms with van der Waals surface area (Å²) in [5.74, 6) is -1.70. The third-order valence-corrected chi connectivity index (χ3v) is 3.60. The van der Waals surface area contributed by atoms with E-state index in [9.17, 15) is 14.4 Å². The molecule has 2 heterocycles. The van der Waals surface area contributed by atoms with Gasteiger partial charge in [0, 0.05) is 25.2 Å². The number of carboxylic acids is 1. The van der Waals surface area contributed by atoms with Gasteiger partial charge in [0.15, 0.2) is 0 Å². The Morgan fingerprint density at radius 3 is 2.50 bits per heavy atom. The van der Waals surface area contributed by atoms with Crippen LogP contribution in [0.2, 0.25) is 0 Å². The fourth-order valence-corrected chi connectivity index (χ4v) is 2.41. The molecule has 0 bridgehead atoms. The number of aromatic carboxylic acids is 1. The minimum atomic E-state index is -1.06. The van der Waals surface area contributed by atoms with Gasteiger partial charge in [-0.2, -0.15) is 0 Å². The van der Waals surface area contributed by atoms with Crippen LogP contribution in [-0.2, 0) is 16.1 Å². The summed E-state index contributed by atoms with van der Waals surface area (Å²) >= 11 is 0. The first-order valence-corrected chi connectivity index (χ1v) is 6.44. The van der Waals surface area contributed by atoms with E-state index in [4.69, 9.17) is 10.8 Å². The lowest BCUT2D eigenvalue weighted by molar-refractivity contribution is -0.135. The molecule has 0 radical (unpaired) electrons. The van der Waals surface area contributed by atoms with Gasteiger partial charge >= 0.3 is 5.97 Å². The van der Waals surface area contributed by atoms with Crippen LogP contribution < -0.4 is 5.73 Å². The number of aromatic nitrogens is 1. The molecular formula is C13H17N3O4. The Hall–Kier alpha value is -2.31. The predicted octanol–water partition coefficient (Wildman–Crippen LogP) is -0.0898. The minimum Gasteiger partial charge on any atom is -0.477 e. The first kappa shape index (κ1) is 14.1. The van der Waals surface area contributed by atoms with Crippen LogP contribution in [0.5, 0.6) is 0 Å². The smallest absolute Gasteiger partial charge is 0.352 e. The number of likely N-dealkylation sites (tertiary alicyclic amines) is 1. The molecule has 1 aromatic rings. The van der Waals surface area contributed by atoms with Crippen molar-refractivity contribution in [2.24, 2.45) is 11.7 Å². The summed E-state index contributed by atoms with van der Waals surface area (Å²) in [5, 5.41) is 8.98. The largest absolute Gasteiger partial charge is 0.477 e. The highest BCUT2D eigenvalue weighted by Gasteiger charge is 2.26. The molecule has 0 atom stereocenters. The molecule has 1 aliphatic rings. The minimum absolute atomic E-state index is 0.00410. The number of hydrogen-bond acceptors (Lipinski definition) is 3. The number of amides is 2. The molecule has 1 fully saturated rings. The number of carboxylic acid groups (broad SMARTS) is 1.